The summed E-state index contributed by atoms with van der Waals surface area (Å²) in [5, 5.41) is 3.03. The van der Waals surface area contributed by atoms with Crippen molar-refractivity contribution in [3.05, 3.63) is 76.9 Å². The summed E-state index contributed by atoms with van der Waals surface area (Å²) >= 11 is 0. The molecule has 0 radical (unpaired) electrons. The standard InChI is InChI=1S/C28H30FN3O/c29-22-14-10-20(11-15-22)18-26(33)32-28-25(16-12-19-6-2-1-3-7-19)30-27-23-9-5-4-8-21(23)13-17-24(27)31-28/h4-5,8-11,14-15,19H,1-3,6-7,12-13,16-18H2,(H,31,32,33). The number of aromatic nitrogens is 2. The molecule has 1 N–H and O–H groups in total. The highest BCUT2D eigenvalue weighted by molar-refractivity contribution is 5.92. The molecule has 33 heavy (non-hydrogen) atoms. The SMILES string of the molecule is O=C(Cc1ccc(F)cc1)Nc1nc2c(nc1CCC1CCCCC1)-c1ccccc1CC2. The third-order valence-corrected chi connectivity index (χ3v) is 6.99. The van der Waals surface area contributed by atoms with E-state index >= 15 is 0 Å². The molecule has 0 aliphatic heterocycles. The second-order valence-corrected chi connectivity index (χ2v) is 9.37. The fourth-order valence-electron chi connectivity index (χ4n) is 5.17. The second-order valence-electron chi connectivity index (χ2n) is 9.37. The van der Waals surface area contributed by atoms with Gasteiger partial charge in [0, 0.05) is 5.56 Å². The zero-order valence-corrected chi connectivity index (χ0v) is 18.9. The van der Waals surface area contributed by atoms with Crippen LogP contribution in [0.25, 0.3) is 11.3 Å². The minimum atomic E-state index is -0.301. The molecule has 1 aromatic heterocycles. The molecule has 0 unspecified atom stereocenters. The molecule has 0 atom stereocenters. The van der Waals surface area contributed by atoms with E-state index in [1.165, 1.54) is 49.8 Å². The van der Waals surface area contributed by atoms with Crippen LogP contribution in [0.4, 0.5) is 10.2 Å². The minimum Gasteiger partial charge on any atom is -0.309 e. The number of hydrogen-bond donors (Lipinski definition) is 1. The van der Waals surface area contributed by atoms with Crippen LogP contribution < -0.4 is 5.32 Å². The summed E-state index contributed by atoms with van der Waals surface area (Å²) in [6.45, 7) is 0. The van der Waals surface area contributed by atoms with Crippen molar-refractivity contribution < 1.29 is 9.18 Å². The Morgan fingerprint density at radius 1 is 0.970 bits per heavy atom. The van der Waals surface area contributed by atoms with Gasteiger partial charge in [0.1, 0.15) is 5.82 Å². The van der Waals surface area contributed by atoms with Gasteiger partial charge in [-0.15, -0.1) is 0 Å². The van der Waals surface area contributed by atoms with Gasteiger partial charge in [0.2, 0.25) is 5.91 Å². The van der Waals surface area contributed by atoms with Crippen LogP contribution in [-0.4, -0.2) is 15.9 Å². The van der Waals surface area contributed by atoms with Crippen molar-refractivity contribution in [1.29, 1.82) is 0 Å². The Balaban J connectivity index is 1.41. The summed E-state index contributed by atoms with van der Waals surface area (Å²) in [6.07, 6.45) is 10.4. The number of hydrogen-bond acceptors (Lipinski definition) is 3. The summed E-state index contributed by atoms with van der Waals surface area (Å²) < 4.78 is 13.2. The van der Waals surface area contributed by atoms with Crippen molar-refractivity contribution in [2.75, 3.05) is 5.32 Å². The fourth-order valence-corrected chi connectivity index (χ4v) is 5.17. The molecule has 0 bridgehead atoms. The Kier molecular flexibility index (Phi) is 6.47. The van der Waals surface area contributed by atoms with E-state index in [4.69, 9.17) is 9.97 Å². The number of rotatable bonds is 6. The van der Waals surface area contributed by atoms with Crippen LogP contribution in [0.15, 0.2) is 48.5 Å². The van der Waals surface area contributed by atoms with Gasteiger partial charge < -0.3 is 5.32 Å². The fraction of sp³-hybridized carbons (Fsp3) is 0.393. The molecule has 5 rings (SSSR count). The molecule has 3 aromatic rings. The lowest BCUT2D eigenvalue weighted by atomic mass is 9.85. The highest BCUT2D eigenvalue weighted by Crippen LogP contribution is 2.34. The number of fused-ring (bicyclic) bond motifs is 3. The average molecular weight is 444 g/mol. The van der Waals surface area contributed by atoms with E-state index in [0.29, 0.717) is 5.82 Å². The summed E-state index contributed by atoms with van der Waals surface area (Å²) in [5.74, 6) is 0.874. The summed E-state index contributed by atoms with van der Waals surface area (Å²) in [7, 11) is 0. The summed E-state index contributed by atoms with van der Waals surface area (Å²) in [4.78, 5) is 22.8. The molecule has 1 amide bonds. The molecule has 1 heterocycles. The van der Waals surface area contributed by atoms with Crippen molar-refractivity contribution in [1.82, 2.24) is 9.97 Å². The predicted octanol–water partition coefficient (Wildman–Crippen LogP) is 6.08. The Hall–Kier alpha value is -3.08. The largest absolute Gasteiger partial charge is 0.309 e. The molecule has 5 heteroatoms. The minimum absolute atomic E-state index is 0.147. The van der Waals surface area contributed by atoms with Crippen LogP contribution in [0.5, 0.6) is 0 Å². The van der Waals surface area contributed by atoms with Gasteiger partial charge in [-0.2, -0.15) is 0 Å². The van der Waals surface area contributed by atoms with Crippen molar-refractivity contribution in [2.24, 2.45) is 5.92 Å². The smallest absolute Gasteiger partial charge is 0.229 e. The second kappa shape index (κ2) is 9.82. The first-order chi connectivity index (χ1) is 16.2. The van der Waals surface area contributed by atoms with Crippen LogP contribution in [0.3, 0.4) is 0 Å². The van der Waals surface area contributed by atoms with Crippen molar-refractivity contribution >= 4 is 11.7 Å². The maximum atomic E-state index is 13.2. The lowest BCUT2D eigenvalue weighted by molar-refractivity contribution is -0.115. The molecule has 2 aliphatic rings. The predicted molar refractivity (Wildman–Crippen MR) is 129 cm³/mol. The van der Waals surface area contributed by atoms with Crippen LogP contribution >= 0.6 is 0 Å². The van der Waals surface area contributed by atoms with E-state index < -0.39 is 0 Å². The van der Waals surface area contributed by atoms with Gasteiger partial charge in [0.15, 0.2) is 5.82 Å². The van der Waals surface area contributed by atoms with Crippen LogP contribution in [0.2, 0.25) is 0 Å². The molecule has 0 spiro atoms. The Morgan fingerprint density at radius 2 is 1.76 bits per heavy atom. The van der Waals surface area contributed by atoms with Gasteiger partial charge in [0.05, 0.1) is 23.5 Å². The van der Waals surface area contributed by atoms with Gasteiger partial charge in [-0.3, -0.25) is 4.79 Å². The number of aryl methyl sites for hydroxylation is 3. The topological polar surface area (TPSA) is 54.9 Å². The molecule has 1 saturated carbocycles. The molecule has 2 aromatic carbocycles. The normalized spacial score (nSPS) is 15.5. The van der Waals surface area contributed by atoms with E-state index in [0.717, 1.165) is 59.8 Å². The van der Waals surface area contributed by atoms with Gasteiger partial charge in [0.25, 0.3) is 0 Å². The van der Waals surface area contributed by atoms with E-state index in [1.54, 1.807) is 12.1 Å². The third-order valence-electron chi connectivity index (χ3n) is 6.99. The number of anilines is 1. The zero-order chi connectivity index (χ0) is 22.6. The number of benzene rings is 2. The molecule has 2 aliphatic carbocycles. The van der Waals surface area contributed by atoms with Crippen molar-refractivity contribution in [3.63, 3.8) is 0 Å². The van der Waals surface area contributed by atoms with E-state index in [-0.39, 0.29) is 18.1 Å². The Labute approximate surface area is 194 Å². The molecular weight excluding hydrogens is 413 g/mol. The Bertz CT molecular complexity index is 1140. The lowest BCUT2D eigenvalue weighted by Crippen LogP contribution is -2.20. The van der Waals surface area contributed by atoms with Gasteiger partial charge in [-0.25, -0.2) is 14.4 Å². The monoisotopic (exact) mass is 443 g/mol. The molecule has 170 valence electrons. The number of amides is 1. The lowest BCUT2D eigenvalue weighted by Gasteiger charge is -2.23. The average Bonchev–Trinajstić information content (AvgIpc) is 2.84. The Morgan fingerprint density at radius 3 is 2.58 bits per heavy atom. The van der Waals surface area contributed by atoms with Crippen LogP contribution in [0.1, 0.15) is 61.0 Å². The maximum absolute atomic E-state index is 13.2. The number of carbonyl (C=O) groups excluding carboxylic acids is 1. The highest BCUT2D eigenvalue weighted by Gasteiger charge is 2.23. The number of nitrogens with one attached hydrogen (secondary N) is 1. The molecular formula is C28H30FN3O. The maximum Gasteiger partial charge on any atom is 0.229 e. The number of nitrogens with zero attached hydrogens (tertiary/aromatic N) is 2. The first-order valence-corrected chi connectivity index (χ1v) is 12.2. The van der Waals surface area contributed by atoms with Crippen molar-refractivity contribution in [2.45, 2.75) is 64.2 Å². The number of carbonyl (C=O) groups is 1. The zero-order valence-electron chi connectivity index (χ0n) is 18.9. The third kappa shape index (κ3) is 5.13. The molecule has 0 saturated heterocycles. The van der Waals surface area contributed by atoms with E-state index in [2.05, 4.69) is 29.6 Å². The first-order valence-electron chi connectivity index (χ1n) is 12.2. The number of halogens is 1. The van der Waals surface area contributed by atoms with E-state index in [1.807, 2.05) is 0 Å². The highest BCUT2D eigenvalue weighted by atomic mass is 19.1. The van der Waals surface area contributed by atoms with Gasteiger partial charge in [-0.1, -0.05) is 68.5 Å². The quantitative estimate of drug-likeness (QED) is 0.503. The first kappa shape index (κ1) is 21.7. The van der Waals surface area contributed by atoms with Crippen LogP contribution in [-0.2, 0) is 30.5 Å². The van der Waals surface area contributed by atoms with Crippen molar-refractivity contribution in [3.8, 4) is 11.3 Å². The summed E-state index contributed by atoms with van der Waals surface area (Å²) in [5.41, 5.74) is 6.04. The van der Waals surface area contributed by atoms with Gasteiger partial charge >= 0.3 is 0 Å². The molecule has 4 nitrogen and oxygen atoms in total. The molecule has 1 fully saturated rings. The van der Waals surface area contributed by atoms with E-state index in [9.17, 15) is 9.18 Å². The van der Waals surface area contributed by atoms with Crippen LogP contribution in [0, 0.1) is 11.7 Å². The van der Waals surface area contributed by atoms with Gasteiger partial charge in [-0.05, 0) is 54.9 Å². The summed E-state index contributed by atoms with van der Waals surface area (Å²) in [6, 6.07) is 14.5.